The molecule has 5 nitrogen and oxygen atoms in total. The number of rotatable bonds is 5. The van der Waals surface area contributed by atoms with Crippen molar-refractivity contribution in [2.24, 2.45) is 17.8 Å². The van der Waals surface area contributed by atoms with Gasteiger partial charge >= 0.3 is 5.97 Å². The van der Waals surface area contributed by atoms with Crippen molar-refractivity contribution in [3.63, 3.8) is 0 Å². The van der Waals surface area contributed by atoms with Gasteiger partial charge in [0.15, 0.2) is 0 Å². The van der Waals surface area contributed by atoms with Gasteiger partial charge in [-0.2, -0.15) is 0 Å². The smallest absolute Gasteiger partial charge is 0.307 e. The van der Waals surface area contributed by atoms with E-state index in [9.17, 15) is 14.7 Å². The Morgan fingerprint density at radius 1 is 1.20 bits per heavy atom. The number of likely N-dealkylation sites (tertiary alicyclic amines) is 1. The second-order valence-corrected chi connectivity index (χ2v) is 6.44. The average molecular weight is 282 g/mol. The van der Waals surface area contributed by atoms with E-state index in [2.05, 4.69) is 4.90 Å². The van der Waals surface area contributed by atoms with Gasteiger partial charge in [0.1, 0.15) is 0 Å². The molecule has 1 amide bonds. The fourth-order valence-electron chi connectivity index (χ4n) is 3.53. The van der Waals surface area contributed by atoms with Crippen molar-refractivity contribution in [3.8, 4) is 0 Å². The van der Waals surface area contributed by atoms with Crippen molar-refractivity contribution >= 4 is 11.9 Å². The van der Waals surface area contributed by atoms with Crippen LogP contribution in [0, 0.1) is 17.8 Å². The molecular formula is C15H26N2O3. The molecule has 0 spiro atoms. The lowest BCUT2D eigenvalue weighted by atomic mass is 9.95. The minimum atomic E-state index is -0.819. The summed E-state index contributed by atoms with van der Waals surface area (Å²) >= 11 is 0. The molecule has 5 heteroatoms. The summed E-state index contributed by atoms with van der Waals surface area (Å²) in [5, 5.41) is 9.26. The van der Waals surface area contributed by atoms with E-state index in [0.29, 0.717) is 25.3 Å². The predicted octanol–water partition coefficient (Wildman–Crippen LogP) is 1.29. The minimum absolute atomic E-state index is 0.0148. The van der Waals surface area contributed by atoms with Crippen molar-refractivity contribution in [2.45, 2.75) is 32.6 Å². The summed E-state index contributed by atoms with van der Waals surface area (Å²) in [4.78, 5) is 27.8. The number of carboxylic acids is 1. The molecule has 1 N–H and O–H groups in total. The van der Waals surface area contributed by atoms with Gasteiger partial charge in [-0.15, -0.1) is 0 Å². The average Bonchev–Trinajstić information content (AvgIpc) is 3.03. The zero-order chi connectivity index (χ0) is 14.7. The van der Waals surface area contributed by atoms with E-state index in [1.54, 1.807) is 11.9 Å². The van der Waals surface area contributed by atoms with Crippen LogP contribution in [0.1, 0.15) is 32.6 Å². The number of amides is 1. The fraction of sp³-hybridized carbons (Fsp3) is 0.867. The molecule has 0 aromatic rings. The molecule has 0 bridgehead atoms. The number of carboxylic acid groups (broad SMARTS) is 1. The topological polar surface area (TPSA) is 60.9 Å². The molecule has 1 aliphatic carbocycles. The molecule has 1 saturated carbocycles. The first kappa shape index (κ1) is 15.3. The highest BCUT2D eigenvalue weighted by Crippen LogP contribution is 2.37. The number of nitrogens with zero attached hydrogens (tertiary/aromatic N) is 2. The number of hydrogen-bond donors (Lipinski definition) is 1. The lowest BCUT2D eigenvalue weighted by Gasteiger charge is -2.25. The second kappa shape index (κ2) is 6.57. The molecule has 2 rings (SSSR count). The number of hydrogen-bond acceptors (Lipinski definition) is 3. The van der Waals surface area contributed by atoms with E-state index in [1.165, 1.54) is 12.8 Å². The number of likely N-dealkylation sites (N-methyl/N-ethyl adjacent to an activating group) is 1. The molecule has 1 saturated heterocycles. The summed E-state index contributed by atoms with van der Waals surface area (Å²) < 4.78 is 0. The number of aliphatic carboxylic acids is 1. The van der Waals surface area contributed by atoms with Crippen LogP contribution in [0.5, 0.6) is 0 Å². The van der Waals surface area contributed by atoms with Gasteiger partial charge in [0.05, 0.1) is 11.8 Å². The van der Waals surface area contributed by atoms with Gasteiger partial charge in [0.2, 0.25) is 5.91 Å². The van der Waals surface area contributed by atoms with Gasteiger partial charge in [-0.05, 0) is 44.7 Å². The van der Waals surface area contributed by atoms with Crippen LogP contribution in [0.2, 0.25) is 0 Å². The second-order valence-electron chi connectivity index (χ2n) is 6.44. The zero-order valence-corrected chi connectivity index (χ0v) is 12.5. The van der Waals surface area contributed by atoms with Gasteiger partial charge < -0.3 is 14.9 Å². The van der Waals surface area contributed by atoms with Crippen LogP contribution in [0.3, 0.4) is 0 Å². The van der Waals surface area contributed by atoms with Gasteiger partial charge in [-0.25, -0.2) is 0 Å². The van der Waals surface area contributed by atoms with E-state index in [0.717, 1.165) is 19.6 Å². The Hall–Kier alpha value is -1.10. The van der Waals surface area contributed by atoms with Gasteiger partial charge in [0, 0.05) is 20.1 Å². The van der Waals surface area contributed by atoms with Crippen molar-refractivity contribution < 1.29 is 14.7 Å². The normalized spacial score (nSPS) is 30.6. The van der Waals surface area contributed by atoms with E-state index in [1.807, 2.05) is 6.92 Å². The standard InChI is InChI=1S/C15H26N2O3/c1-11-9-12(13(10-11)15(19)20)14(18)16(2)7-8-17-5-3-4-6-17/h11-13H,3-10H2,1-2H3,(H,19,20). The van der Waals surface area contributed by atoms with Crippen molar-refractivity contribution in [1.29, 1.82) is 0 Å². The zero-order valence-electron chi connectivity index (χ0n) is 12.5. The van der Waals surface area contributed by atoms with Gasteiger partial charge in [0.25, 0.3) is 0 Å². The summed E-state index contributed by atoms with van der Waals surface area (Å²) in [6.07, 6.45) is 3.84. The Kier molecular flexibility index (Phi) is 5.02. The summed E-state index contributed by atoms with van der Waals surface area (Å²) in [5.74, 6) is -1.29. The molecule has 0 radical (unpaired) electrons. The first-order valence-corrected chi connectivity index (χ1v) is 7.69. The maximum Gasteiger partial charge on any atom is 0.307 e. The molecular weight excluding hydrogens is 256 g/mol. The Morgan fingerprint density at radius 2 is 1.80 bits per heavy atom. The van der Waals surface area contributed by atoms with E-state index >= 15 is 0 Å². The summed E-state index contributed by atoms with van der Waals surface area (Å²) in [6.45, 7) is 5.90. The largest absolute Gasteiger partial charge is 0.481 e. The Labute approximate surface area is 120 Å². The predicted molar refractivity (Wildman–Crippen MR) is 76.3 cm³/mol. The van der Waals surface area contributed by atoms with Crippen LogP contribution in [-0.4, -0.2) is 60.0 Å². The maximum atomic E-state index is 12.5. The highest BCUT2D eigenvalue weighted by molar-refractivity contribution is 5.85. The third kappa shape index (κ3) is 3.51. The van der Waals surface area contributed by atoms with E-state index in [-0.39, 0.29) is 11.8 Å². The van der Waals surface area contributed by atoms with Crippen molar-refractivity contribution in [1.82, 2.24) is 9.80 Å². The molecule has 20 heavy (non-hydrogen) atoms. The van der Waals surface area contributed by atoms with E-state index < -0.39 is 11.9 Å². The molecule has 3 atom stereocenters. The van der Waals surface area contributed by atoms with Crippen molar-refractivity contribution in [2.75, 3.05) is 33.2 Å². The molecule has 2 aliphatic rings. The third-order valence-electron chi connectivity index (χ3n) is 4.76. The minimum Gasteiger partial charge on any atom is -0.481 e. The van der Waals surface area contributed by atoms with Crippen LogP contribution in [0.4, 0.5) is 0 Å². The lowest BCUT2D eigenvalue weighted by molar-refractivity contribution is -0.148. The summed E-state index contributed by atoms with van der Waals surface area (Å²) in [5.41, 5.74) is 0. The third-order valence-corrected chi connectivity index (χ3v) is 4.76. The fourth-order valence-corrected chi connectivity index (χ4v) is 3.53. The number of carbonyl (C=O) groups excluding carboxylic acids is 1. The Balaban J connectivity index is 1.86. The van der Waals surface area contributed by atoms with Crippen LogP contribution in [-0.2, 0) is 9.59 Å². The van der Waals surface area contributed by atoms with Gasteiger partial charge in [-0.1, -0.05) is 6.92 Å². The molecule has 0 aromatic carbocycles. The number of carbonyl (C=O) groups is 2. The van der Waals surface area contributed by atoms with Crippen molar-refractivity contribution in [3.05, 3.63) is 0 Å². The molecule has 0 aromatic heterocycles. The van der Waals surface area contributed by atoms with Crippen LogP contribution in [0.15, 0.2) is 0 Å². The Bertz CT molecular complexity index is 366. The lowest BCUT2D eigenvalue weighted by Crippen LogP contribution is -2.40. The molecule has 1 heterocycles. The molecule has 3 unspecified atom stereocenters. The highest BCUT2D eigenvalue weighted by atomic mass is 16.4. The van der Waals surface area contributed by atoms with Gasteiger partial charge in [-0.3, -0.25) is 9.59 Å². The van der Waals surface area contributed by atoms with Crippen LogP contribution in [0.25, 0.3) is 0 Å². The first-order valence-electron chi connectivity index (χ1n) is 7.69. The molecule has 2 fully saturated rings. The Morgan fingerprint density at radius 3 is 2.40 bits per heavy atom. The maximum absolute atomic E-state index is 12.5. The molecule has 1 aliphatic heterocycles. The van der Waals surface area contributed by atoms with E-state index in [4.69, 9.17) is 0 Å². The van der Waals surface area contributed by atoms with Crippen LogP contribution < -0.4 is 0 Å². The first-order chi connectivity index (χ1) is 9.49. The SMILES string of the molecule is CC1CC(C(=O)O)C(C(=O)N(C)CCN2CCCC2)C1. The highest BCUT2D eigenvalue weighted by Gasteiger charge is 2.42. The monoisotopic (exact) mass is 282 g/mol. The summed E-state index contributed by atoms with van der Waals surface area (Å²) in [7, 11) is 1.81. The van der Waals surface area contributed by atoms with Crippen LogP contribution >= 0.6 is 0 Å². The summed E-state index contributed by atoms with van der Waals surface area (Å²) in [6, 6.07) is 0. The quantitative estimate of drug-likeness (QED) is 0.825. The molecule has 114 valence electrons.